The summed E-state index contributed by atoms with van der Waals surface area (Å²) in [6.07, 6.45) is 1.71. The summed E-state index contributed by atoms with van der Waals surface area (Å²) < 4.78 is 5.17. The summed E-state index contributed by atoms with van der Waals surface area (Å²) in [7, 11) is 1.63. The van der Waals surface area contributed by atoms with Crippen LogP contribution < -0.4 is 10.1 Å². The number of methoxy groups -OCH3 is 1. The number of aryl methyl sites for hydroxylation is 1. The van der Waals surface area contributed by atoms with Crippen LogP contribution in [0.15, 0.2) is 48.5 Å². The van der Waals surface area contributed by atoms with Gasteiger partial charge in [-0.25, -0.2) is 4.79 Å². The average Bonchev–Trinajstić information content (AvgIpc) is 2.60. The first-order valence-corrected chi connectivity index (χ1v) is 7.80. The molecule has 0 unspecified atom stereocenters. The van der Waals surface area contributed by atoms with Gasteiger partial charge in [-0.05, 0) is 48.2 Å². The second-order valence-electron chi connectivity index (χ2n) is 5.45. The summed E-state index contributed by atoms with van der Waals surface area (Å²) in [6, 6.07) is 14.4. The summed E-state index contributed by atoms with van der Waals surface area (Å²) in [4.78, 5) is 22.7. The van der Waals surface area contributed by atoms with Crippen molar-refractivity contribution < 1.29 is 19.4 Å². The Kier molecular flexibility index (Phi) is 6.37. The van der Waals surface area contributed by atoms with Crippen LogP contribution in [0.2, 0.25) is 0 Å². The molecular formula is C19H21NO4. The van der Waals surface area contributed by atoms with Crippen LogP contribution in [0.5, 0.6) is 5.75 Å². The molecule has 2 aromatic carbocycles. The fraction of sp³-hybridized carbons (Fsp3) is 0.263. The molecule has 5 heteroatoms. The van der Waals surface area contributed by atoms with Crippen LogP contribution in [0.4, 0.5) is 0 Å². The van der Waals surface area contributed by atoms with Crippen molar-refractivity contribution in [2.75, 3.05) is 13.7 Å². The van der Waals surface area contributed by atoms with Crippen molar-refractivity contribution in [3.8, 4) is 5.75 Å². The van der Waals surface area contributed by atoms with E-state index in [0.29, 0.717) is 19.4 Å². The Hall–Kier alpha value is -2.82. The van der Waals surface area contributed by atoms with Crippen LogP contribution in [0.1, 0.15) is 27.9 Å². The predicted octanol–water partition coefficient (Wildman–Crippen LogP) is 2.68. The first kappa shape index (κ1) is 17.5. The number of carbonyl (C=O) groups excluding carboxylic acids is 1. The largest absolute Gasteiger partial charge is 0.497 e. The van der Waals surface area contributed by atoms with Gasteiger partial charge in [0.05, 0.1) is 12.7 Å². The second kappa shape index (κ2) is 8.72. The summed E-state index contributed by atoms with van der Waals surface area (Å²) in [5.41, 5.74) is 2.31. The molecule has 0 fully saturated rings. The monoisotopic (exact) mass is 327 g/mol. The maximum Gasteiger partial charge on any atom is 0.335 e. The SMILES string of the molecule is COc1cccc(CCNC(=O)CCc2ccc(C(=O)O)cc2)c1. The van der Waals surface area contributed by atoms with Crippen LogP contribution in [0.25, 0.3) is 0 Å². The lowest BCUT2D eigenvalue weighted by Gasteiger charge is -2.07. The van der Waals surface area contributed by atoms with Gasteiger partial charge in [0.25, 0.3) is 0 Å². The topological polar surface area (TPSA) is 75.6 Å². The normalized spacial score (nSPS) is 10.2. The molecule has 24 heavy (non-hydrogen) atoms. The van der Waals surface area contributed by atoms with Gasteiger partial charge in [-0.3, -0.25) is 4.79 Å². The maximum absolute atomic E-state index is 11.9. The zero-order valence-corrected chi connectivity index (χ0v) is 13.6. The number of carboxylic acid groups (broad SMARTS) is 1. The Morgan fingerprint density at radius 2 is 1.79 bits per heavy atom. The molecule has 0 aromatic heterocycles. The smallest absolute Gasteiger partial charge is 0.335 e. The summed E-state index contributed by atoms with van der Waals surface area (Å²) in [6.45, 7) is 0.573. The Morgan fingerprint density at radius 1 is 1.04 bits per heavy atom. The number of amides is 1. The highest BCUT2D eigenvalue weighted by molar-refractivity contribution is 5.87. The zero-order valence-electron chi connectivity index (χ0n) is 13.6. The fourth-order valence-corrected chi connectivity index (χ4v) is 2.33. The molecule has 0 saturated heterocycles. The minimum Gasteiger partial charge on any atom is -0.497 e. The molecule has 2 N–H and O–H groups in total. The van der Waals surface area contributed by atoms with Gasteiger partial charge in [0.15, 0.2) is 0 Å². The average molecular weight is 327 g/mol. The molecule has 0 aliphatic carbocycles. The molecule has 0 aliphatic rings. The summed E-state index contributed by atoms with van der Waals surface area (Å²) in [5.74, 6) is -0.152. The fourth-order valence-electron chi connectivity index (χ4n) is 2.33. The highest BCUT2D eigenvalue weighted by Crippen LogP contribution is 2.12. The lowest BCUT2D eigenvalue weighted by molar-refractivity contribution is -0.121. The van der Waals surface area contributed by atoms with E-state index in [4.69, 9.17) is 9.84 Å². The molecule has 5 nitrogen and oxygen atoms in total. The van der Waals surface area contributed by atoms with Crippen molar-refractivity contribution in [3.05, 3.63) is 65.2 Å². The van der Waals surface area contributed by atoms with Crippen LogP contribution in [0, 0.1) is 0 Å². The van der Waals surface area contributed by atoms with Crippen molar-refractivity contribution in [3.63, 3.8) is 0 Å². The van der Waals surface area contributed by atoms with Crippen LogP contribution >= 0.6 is 0 Å². The molecule has 0 heterocycles. The minimum absolute atomic E-state index is 0.0137. The number of hydrogen-bond acceptors (Lipinski definition) is 3. The molecule has 0 radical (unpaired) electrons. The number of nitrogens with one attached hydrogen (secondary N) is 1. The molecular weight excluding hydrogens is 306 g/mol. The van der Waals surface area contributed by atoms with Gasteiger partial charge >= 0.3 is 5.97 Å². The van der Waals surface area contributed by atoms with E-state index in [9.17, 15) is 9.59 Å². The molecule has 0 bridgehead atoms. The number of ether oxygens (including phenoxy) is 1. The third-order valence-electron chi connectivity index (χ3n) is 3.71. The lowest BCUT2D eigenvalue weighted by Crippen LogP contribution is -2.25. The van der Waals surface area contributed by atoms with E-state index in [2.05, 4.69) is 5.32 Å². The van der Waals surface area contributed by atoms with Gasteiger partial charge in [0, 0.05) is 13.0 Å². The van der Waals surface area contributed by atoms with Crippen molar-refractivity contribution in [2.45, 2.75) is 19.3 Å². The molecule has 0 saturated carbocycles. The van der Waals surface area contributed by atoms with Gasteiger partial charge in [-0.1, -0.05) is 24.3 Å². The quantitative estimate of drug-likeness (QED) is 0.781. The van der Waals surface area contributed by atoms with E-state index in [1.54, 1.807) is 31.4 Å². The molecule has 0 aliphatic heterocycles. The minimum atomic E-state index is -0.947. The number of carbonyl (C=O) groups is 2. The first-order chi connectivity index (χ1) is 11.6. The van der Waals surface area contributed by atoms with E-state index in [1.165, 1.54) is 0 Å². The summed E-state index contributed by atoms with van der Waals surface area (Å²) >= 11 is 0. The summed E-state index contributed by atoms with van der Waals surface area (Å²) in [5, 5.41) is 11.7. The van der Waals surface area contributed by atoms with Gasteiger partial charge in [0.1, 0.15) is 5.75 Å². The van der Waals surface area contributed by atoms with Crippen LogP contribution in [-0.2, 0) is 17.6 Å². The third kappa shape index (κ3) is 5.43. The zero-order chi connectivity index (χ0) is 17.4. The van der Waals surface area contributed by atoms with Crippen molar-refractivity contribution in [1.29, 1.82) is 0 Å². The molecule has 0 spiro atoms. The molecule has 1 amide bonds. The van der Waals surface area contributed by atoms with Crippen LogP contribution in [-0.4, -0.2) is 30.6 Å². The first-order valence-electron chi connectivity index (χ1n) is 7.80. The third-order valence-corrected chi connectivity index (χ3v) is 3.71. The Labute approximate surface area is 141 Å². The van der Waals surface area contributed by atoms with Crippen molar-refractivity contribution in [1.82, 2.24) is 5.32 Å². The second-order valence-corrected chi connectivity index (χ2v) is 5.45. The molecule has 2 aromatic rings. The standard InChI is InChI=1S/C19H21NO4/c1-24-17-4-2-3-15(13-17)11-12-20-18(21)10-7-14-5-8-16(9-6-14)19(22)23/h2-6,8-9,13H,7,10-12H2,1H3,(H,20,21)(H,22,23). The van der Waals surface area contributed by atoms with E-state index >= 15 is 0 Å². The Bertz CT molecular complexity index is 695. The van der Waals surface area contributed by atoms with Gasteiger partial charge in [0.2, 0.25) is 5.91 Å². The van der Waals surface area contributed by atoms with E-state index in [-0.39, 0.29) is 11.5 Å². The molecule has 2 rings (SSSR count). The predicted molar refractivity (Wildman–Crippen MR) is 91.4 cm³/mol. The number of rotatable bonds is 8. The van der Waals surface area contributed by atoms with E-state index in [1.807, 2.05) is 24.3 Å². The van der Waals surface area contributed by atoms with Gasteiger partial charge in [-0.15, -0.1) is 0 Å². The van der Waals surface area contributed by atoms with Crippen molar-refractivity contribution >= 4 is 11.9 Å². The van der Waals surface area contributed by atoms with Crippen molar-refractivity contribution in [2.24, 2.45) is 0 Å². The lowest BCUT2D eigenvalue weighted by atomic mass is 10.1. The van der Waals surface area contributed by atoms with Crippen LogP contribution in [0.3, 0.4) is 0 Å². The van der Waals surface area contributed by atoms with E-state index in [0.717, 1.165) is 23.3 Å². The number of benzene rings is 2. The highest BCUT2D eigenvalue weighted by Gasteiger charge is 2.05. The number of hydrogen-bond donors (Lipinski definition) is 2. The highest BCUT2D eigenvalue weighted by atomic mass is 16.5. The Balaban J connectivity index is 1.72. The van der Waals surface area contributed by atoms with E-state index < -0.39 is 5.97 Å². The van der Waals surface area contributed by atoms with Gasteiger partial charge < -0.3 is 15.2 Å². The molecule has 126 valence electrons. The van der Waals surface area contributed by atoms with Gasteiger partial charge in [-0.2, -0.15) is 0 Å². The maximum atomic E-state index is 11.9. The molecule has 0 atom stereocenters. The number of aromatic carboxylic acids is 1. The Morgan fingerprint density at radius 3 is 2.46 bits per heavy atom. The number of carboxylic acids is 1.